The summed E-state index contributed by atoms with van der Waals surface area (Å²) in [6.45, 7) is 0.307. The van der Waals surface area contributed by atoms with E-state index in [9.17, 15) is 14.4 Å². The van der Waals surface area contributed by atoms with E-state index in [1.54, 1.807) is 28.8 Å². The molecule has 0 spiro atoms. The Morgan fingerprint density at radius 1 is 0.939 bits per heavy atom. The van der Waals surface area contributed by atoms with Crippen LogP contribution in [0.4, 0.5) is 11.4 Å². The summed E-state index contributed by atoms with van der Waals surface area (Å²) >= 11 is 1.20. The summed E-state index contributed by atoms with van der Waals surface area (Å²) in [7, 11) is 0. The number of carbonyl (C=O) groups is 2. The fraction of sp³-hybridized carbons (Fsp3) is 0.120. The number of hydrogen-bond donors (Lipinski definition) is 1. The largest absolute Gasteiger partial charge is 0.323 e. The van der Waals surface area contributed by atoms with Crippen molar-refractivity contribution in [1.29, 1.82) is 0 Å². The molecule has 33 heavy (non-hydrogen) atoms. The first kappa shape index (κ1) is 21.0. The first-order valence-electron chi connectivity index (χ1n) is 10.5. The van der Waals surface area contributed by atoms with Crippen molar-refractivity contribution in [2.75, 3.05) is 22.5 Å². The maximum atomic E-state index is 13.3. The number of nitrogens with one attached hydrogen (secondary N) is 1. The molecule has 5 rings (SSSR count). The highest BCUT2D eigenvalue weighted by Gasteiger charge is 2.27. The molecule has 0 atom stereocenters. The van der Waals surface area contributed by atoms with Crippen molar-refractivity contribution in [2.45, 2.75) is 11.7 Å². The number of fused-ring (bicyclic) bond motifs is 2. The van der Waals surface area contributed by atoms with Gasteiger partial charge < -0.3 is 10.2 Å². The first-order chi connectivity index (χ1) is 16.1. The number of aromatic nitrogens is 2. The zero-order chi connectivity index (χ0) is 22.8. The maximum absolute atomic E-state index is 13.3. The molecule has 164 valence electrons. The summed E-state index contributed by atoms with van der Waals surface area (Å²) in [5, 5.41) is 3.78. The lowest BCUT2D eigenvalue weighted by atomic mass is 10.2. The third kappa shape index (κ3) is 4.25. The molecule has 3 aromatic carbocycles. The molecule has 4 aromatic rings. The van der Waals surface area contributed by atoms with Crippen LogP contribution in [0.5, 0.6) is 0 Å². The van der Waals surface area contributed by atoms with Gasteiger partial charge in [0.15, 0.2) is 5.16 Å². The summed E-state index contributed by atoms with van der Waals surface area (Å²) < 4.78 is 1.60. The van der Waals surface area contributed by atoms with E-state index < -0.39 is 0 Å². The predicted molar refractivity (Wildman–Crippen MR) is 130 cm³/mol. The summed E-state index contributed by atoms with van der Waals surface area (Å²) in [4.78, 5) is 44.6. The quantitative estimate of drug-likeness (QED) is 0.367. The minimum Gasteiger partial charge on any atom is -0.323 e. The van der Waals surface area contributed by atoms with Crippen LogP contribution >= 0.6 is 11.8 Å². The van der Waals surface area contributed by atoms with Crippen molar-refractivity contribution in [3.05, 3.63) is 94.8 Å². The van der Waals surface area contributed by atoms with E-state index in [2.05, 4.69) is 10.3 Å². The Bertz CT molecular complexity index is 1420. The summed E-state index contributed by atoms with van der Waals surface area (Å²) in [6, 6.07) is 24.1. The highest BCUT2D eigenvalue weighted by molar-refractivity contribution is 7.99. The van der Waals surface area contributed by atoms with Gasteiger partial charge in [0.05, 0.1) is 34.6 Å². The Balaban J connectivity index is 1.46. The maximum Gasteiger partial charge on any atom is 0.262 e. The number of carbonyl (C=O) groups excluding carboxylic acids is 2. The number of nitrogens with zero attached hydrogens (tertiary/aromatic N) is 3. The second kappa shape index (κ2) is 8.91. The minimum absolute atomic E-state index is 0.0428. The standard InChI is InChI=1S/C25H20N4O3S/c30-22-15-28(21-13-7-6-12-20(21)26-22)23(31)16-33-25-27-19-11-5-4-10-18(19)24(32)29(25)14-17-8-2-1-3-9-17/h1-13H,14-16H2,(H,26,30). The van der Waals surface area contributed by atoms with Gasteiger partial charge in [0.2, 0.25) is 11.8 Å². The first-order valence-corrected chi connectivity index (χ1v) is 11.4. The van der Waals surface area contributed by atoms with Crippen molar-refractivity contribution < 1.29 is 9.59 Å². The van der Waals surface area contributed by atoms with E-state index in [1.807, 2.05) is 54.6 Å². The Morgan fingerprint density at radius 3 is 2.52 bits per heavy atom. The van der Waals surface area contributed by atoms with Crippen LogP contribution in [0.15, 0.2) is 88.8 Å². The topological polar surface area (TPSA) is 84.3 Å². The molecule has 0 aliphatic carbocycles. The van der Waals surface area contributed by atoms with E-state index in [4.69, 9.17) is 0 Å². The highest BCUT2D eigenvalue weighted by atomic mass is 32.2. The highest BCUT2D eigenvalue weighted by Crippen LogP contribution is 2.30. The molecule has 0 bridgehead atoms. The smallest absolute Gasteiger partial charge is 0.262 e. The van der Waals surface area contributed by atoms with E-state index in [1.165, 1.54) is 16.7 Å². The molecule has 2 heterocycles. The third-order valence-corrected chi connectivity index (χ3v) is 6.37. The SMILES string of the molecule is O=C1CN(C(=O)CSc2nc3ccccc3c(=O)n2Cc2ccccc2)c2ccccc2N1. The number of anilines is 2. The van der Waals surface area contributed by atoms with Crippen LogP contribution in [0, 0.1) is 0 Å². The van der Waals surface area contributed by atoms with Gasteiger partial charge in [0, 0.05) is 0 Å². The number of thioether (sulfide) groups is 1. The van der Waals surface area contributed by atoms with Crippen molar-refractivity contribution in [2.24, 2.45) is 0 Å². The van der Waals surface area contributed by atoms with Crippen molar-refractivity contribution in [1.82, 2.24) is 9.55 Å². The molecule has 0 saturated heterocycles. The number of amides is 2. The molecule has 0 unspecified atom stereocenters. The van der Waals surface area contributed by atoms with Gasteiger partial charge in [-0.2, -0.15) is 0 Å². The average molecular weight is 457 g/mol. The molecule has 0 fully saturated rings. The van der Waals surface area contributed by atoms with Crippen LogP contribution in [-0.2, 0) is 16.1 Å². The molecule has 0 saturated carbocycles. The van der Waals surface area contributed by atoms with Crippen LogP contribution in [0.3, 0.4) is 0 Å². The lowest BCUT2D eigenvalue weighted by molar-refractivity contribution is -0.120. The molecule has 1 aliphatic rings. The summed E-state index contributed by atoms with van der Waals surface area (Å²) in [5.74, 6) is -0.422. The molecule has 0 radical (unpaired) electrons. The van der Waals surface area contributed by atoms with Crippen LogP contribution in [-0.4, -0.2) is 33.7 Å². The molecule has 1 N–H and O–H groups in total. The molecule has 2 amide bonds. The number of hydrogen-bond acceptors (Lipinski definition) is 5. The van der Waals surface area contributed by atoms with Gasteiger partial charge in [0.25, 0.3) is 5.56 Å². The van der Waals surface area contributed by atoms with Gasteiger partial charge in [-0.3, -0.25) is 19.0 Å². The van der Waals surface area contributed by atoms with E-state index in [-0.39, 0.29) is 29.7 Å². The zero-order valence-corrected chi connectivity index (χ0v) is 18.4. The minimum atomic E-state index is -0.239. The van der Waals surface area contributed by atoms with E-state index >= 15 is 0 Å². The van der Waals surface area contributed by atoms with Gasteiger partial charge in [-0.25, -0.2) is 4.98 Å². The molecule has 7 nitrogen and oxygen atoms in total. The Hall–Kier alpha value is -3.91. The third-order valence-electron chi connectivity index (χ3n) is 5.41. The van der Waals surface area contributed by atoms with Gasteiger partial charge in [0.1, 0.15) is 6.54 Å². The van der Waals surface area contributed by atoms with Crippen LogP contribution in [0.25, 0.3) is 10.9 Å². The number of benzene rings is 3. The van der Waals surface area contributed by atoms with E-state index in [0.717, 1.165) is 5.56 Å². The van der Waals surface area contributed by atoms with Crippen LogP contribution in [0.1, 0.15) is 5.56 Å². The zero-order valence-electron chi connectivity index (χ0n) is 17.6. The average Bonchev–Trinajstić information content (AvgIpc) is 2.84. The second-order valence-corrected chi connectivity index (χ2v) is 8.56. The van der Waals surface area contributed by atoms with Crippen LogP contribution < -0.4 is 15.8 Å². The van der Waals surface area contributed by atoms with Gasteiger partial charge in [-0.05, 0) is 29.8 Å². The fourth-order valence-electron chi connectivity index (χ4n) is 3.82. The van der Waals surface area contributed by atoms with Crippen molar-refractivity contribution in [3.8, 4) is 0 Å². The monoisotopic (exact) mass is 456 g/mol. The summed E-state index contributed by atoms with van der Waals surface area (Å²) in [6.07, 6.45) is 0. The molecular weight excluding hydrogens is 436 g/mol. The van der Waals surface area contributed by atoms with Gasteiger partial charge in [-0.15, -0.1) is 0 Å². The van der Waals surface area contributed by atoms with Gasteiger partial charge >= 0.3 is 0 Å². The van der Waals surface area contributed by atoms with Crippen molar-refractivity contribution >= 4 is 45.9 Å². The lowest BCUT2D eigenvalue weighted by Gasteiger charge is -2.29. The Kier molecular flexibility index (Phi) is 5.66. The number of para-hydroxylation sites is 3. The predicted octanol–water partition coefficient (Wildman–Crippen LogP) is 3.52. The number of rotatable bonds is 5. The Morgan fingerprint density at radius 2 is 1.67 bits per heavy atom. The van der Waals surface area contributed by atoms with E-state index in [0.29, 0.717) is 34.0 Å². The lowest BCUT2D eigenvalue weighted by Crippen LogP contribution is -2.43. The molecule has 8 heteroatoms. The molecule has 1 aromatic heterocycles. The molecular formula is C25H20N4O3S. The van der Waals surface area contributed by atoms with Crippen molar-refractivity contribution in [3.63, 3.8) is 0 Å². The Labute approximate surface area is 194 Å². The second-order valence-electron chi connectivity index (χ2n) is 7.62. The fourth-order valence-corrected chi connectivity index (χ4v) is 4.70. The normalized spacial score (nSPS) is 13.0. The van der Waals surface area contributed by atoms with Gasteiger partial charge in [-0.1, -0.05) is 66.4 Å². The molecule has 1 aliphatic heterocycles. The summed E-state index contributed by atoms with van der Waals surface area (Å²) in [5.41, 5.74) is 2.67. The van der Waals surface area contributed by atoms with Crippen LogP contribution in [0.2, 0.25) is 0 Å².